The Kier molecular flexibility index (Phi) is 3.10. The summed E-state index contributed by atoms with van der Waals surface area (Å²) < 4.78 is 1.85. The summed E-state index contributed by atoms with van der Waals surface area (Å²) in [4.78, 5) is 13.6. The number of thiophene rings is 1. The summed E-state index contributed by atoms with van der Waals surface area (Å²) in [5, 5.41) is 15.3. The van der Waals surface area contributed by atoms with Gasteiger partial charge < -0.3 is 10.0 Å². The molecule has 0 fully saturated rings. The normalized spacial score (nSPS) is 17.3. The van der Waals surface area contributed by atoms with Crippen LogP contribution in [0.1, 0.15) is 16.3 Å². The number of phenols is 1. The lowest BCUT2D eigenvalue weighted by Gasteiger charge is -2.19. The van der Waals surface area contributed by atoms with Crippen molar-refractivity contribution in [2.45, 2.75) is 19.9 Å². The molecule has 7 heteroatoms. The number of aryl methyl sites for hydroxylation is 1. The zero-order valence-electron chi connectivity index (χ0n) is 14.1. The number of benzene rings is 1. The van der Waals surface area contributed by atoms with Crippen molar-refractivity contribution in [2.75, 3.05) is 13.6 Å². The van der Waals surface area contributed by atoms with E-state index in [9.17, 15) is 5.11 Å². The first-order chi connectivity index (χ1) is 12.1. The second-order valence-corrected chi connectivity index (χ2v) is 7.78. The Morgan fingerprint density at radius 1 is 1.20 bits per heavy atom. The number of fused-ring (bicyclic) bond motifs is 5. The van der Waals surface area contributed by atoms with E-state index in [1.165, 1.54) is 15.3 Å². The number of aromatic hydroxyl groups is 1. The number of likely N-dealkylation sites (N-methyl/N-ethyl adjacent to an activating group) is 1. The van der Waals surface area contributed by atoms with Crippen LogP contribution in [0.25, 0.3) is 27.3 Å². The number of nitrogens with zero attached hydrogens (tertiary/aromatic N) is 4. The van der Waals surface area contributed by atoms with Crippen LogP contribution in [0.3, 0.4) is 0 Å². The van der Waals surface area contributed by atoms with Gasteiger partial charge in [-0.2, -0.15) is 4.52 Å². The van der Waals surface area contributed by atoms with Crippen molar-refractivity contribution in [3.8, 4) is 17.1 Å². The second-order valence-electron chi connectivity index (χ2n) is 6.69. The lowest BCUT2D eigenvalue weighted by atomic mass is 10.1. The van der Waals surface area contributed by atoms with Gasteiger partial charge in [0.2, 0.25) is 0 Å². The van der Waals surface area contributed by atoms with Crippen LogP contribution in [0.5, 0.6) is 5.75 Å². The lowest BCUT2D eigenvalue weighted by Crippen LogP contribution is -3.08. The smallest absolute Gasteiger partial charge is 0.182 e. The number of rotatable bonds is 1. The minimum absolute atomic E-state index is 0.242. The van der Waals surface area contributed by atoms with Crippen molar-refractivity contribution in [3.05, 3.63) is 40.5 Å². The third-order valence-corrected chi connectivity index (χ3v) is 5.99. The van der Waals surface area contributed by atoms with Crippen molar-refractivity contribution >= 4 is 27.2 Å². The molecule has 5 rings (SSSR count). The fraction of sp³-hybridized carbons (Fsp3) is 0.278. The molecule has 2 N–H and O–H groups in total. The van der Waals surface area contributed by atoms with Crippen molar-refractivity contribution < 1.29 is 10.0 Å². The van der Waals surface area contributed by atoms with Gasteiger partial charge >= 0.3 is 0 Å². The summed E-state index contributed by atoms with van der Waals surface area (Å²) in [5.74, 6) is 1.75. The molecule has 4 aromatic rings. The molecular weight excluding hydrogens is 334 g/mol. The van der Waals surface area contributed by atoms with Gasteiger partial charge in [-0.25, -0.2) is 9.97 Å². The first-order valence-electron chi connectivity index (χ1n) is 8.38. The monoisotopic (exact) mass is 352 g/mol. The second kappa shape index (κ2) is 5.24. The number of quaternary nitrogens is 1. The molecule has 4 heterocycles. The molecule has 1 aliphatic heterocycles. The number of hydrogen-bond acceptors (Lipinski definition) is 5. The highest BCUT2D eigenvalue weighted by atomic mass is 32.1. The van der Waals surface area contributed by atoms with Crippen LogP contribution in [0.2, 0.25) is 0 Å². The molecule has 126 valence electrons. The third-order valence-electron chi connectivity index (χ3n) is 4.86. The van der Waals surface area contributed by atoms with Gasteiger partial charge in [0, 0.05) is 12.0 Å². The van der Waals surface area contributed by atoms with Gasteiger partial charge in [-0.1, -0.05) is 0 Å². The largest absolute Gasteiger partial charge is 0.508 e. The van der Waals surface area contributed by atoms with Gasteiger partial charge in [0.15, 0.2) is 11.5 Å². The Labute approximate surface area is 148 Å². The summed E-state index contributed by atoms with van der Waals surface area (Å²) in [6, 6.07) is 7.00. The minimum Gasteiger partial charge on any atom is -0.508 e. The average molecular weight is 352 g/mol. The van der Waals surface area contributed by atoms with E-state index in [0.29, 0.717) is 5.82 Å². The van der Waals surface area contributed by atoms with Crippen LogP contribution in [-0.2, 0) is 13.0 Å². The highest BCUT2D eigenvalue weighted by molar-refractivity contribution is 7.19. The summed E-state index contributed by atoms with van der Waals surface area (Å²) in [6.45, 7) is 4.16. The third kappa shape index (κ3) is 2.23. The molecule has 0 aliphatic carbocycles. The quantitative estimate of drug-likeness (QED) is 0.546. The first kappa shape index (κ1) is 14.8. The fourth-order valence-corrected chi connectivity index (χ4v) is 4.92. The molecule has 0 spiro atoms. The van der Waals surface area contributed by atoms with Crippen molar-refractivity contribution in [3.63, 3.8) is 0 Å². The standard InChI is InChI=1S/C18H17N5OS/c1-10-19-18-15(13-7-8-22(2)9-14(13)25-18)17-20-16(21-23(10)17)11-3-5-12(24)6-4-11/h3-6,24H,7-9H2,1-2H3/p+1. The molecular formula is C18H18N5OS+. The van der Waals surface area contributed by atoms with Crippen LogP contribution >= 0.6 is 11.3 Å². The lowest BCUT2D eigenvalue weighted by molar-refractivity contribution is -0.895. The maximum absolute atomic E-state index is 9.50. The van der Waals surface area contributed by atoms with Crippen LogP contribution in [0.4, 0.5) is 0 Å². The number of phenolic OH excluding ortho intramolecular Hbond substituents is 1. The average Bonchev–Trinajstić information content (AvgIpc) is 3.16. The molecule has 1 aromatic carbocycles. The predicted octanol–water partition coefficient (Wildman–Crippen LogP) is 1.59. The van der Waals surface area contributed by atoms with Gasteiger partial charge in [-0.3, -0.25) is 0 Å². The van der Waals surface area contributed by atoms with Crippen LogP contribution < -0.4 is 4.90 Å². The Balaban J connectivity index is 1.78. The molecule has 6 nitrogen and oxygen atoms in total. The molecule has 3 aromatic heterocycles. The molecule has 0 amide bonds. The predicted molar refractivity (Wildman–Crippen MR) is 97.2 cm³/mol. The summed E-state index contributed by atoms with van der Waals surface area (Å²) >= 11 is 1.79. The molecule has 0 saturated heterocycles. The molecule has 1 aliphatic rings. The summed E-state index contributed by atoms with van der Waals surface area (Å²) in [6.07, 6.45) is 1.06. The Morgan fingerprint density at radius 3 is 2.80 bits per heavy atom. The Morgan fingerprint density at radius 2 is 2.00 bits per heavy atom. The van der Waals surface area contributed by atoms with E-state index in [4.69, 9.17) is 9.97 Å². The molecule has 25 heavy (non-hydrogen) atoms. The van der Waals surface area contributed by atoms with Crippen molar-refractivity contribution in [1.82, 2.24) is 19.6 Å². The van der Waals surface area contributed by atoms with E-state index in [1.54, 1.807) is 23.5 Å². The van der Waals surface area contributed by atoms with Gasteiger partial charge in [-0.15, -0.1) is 16.4 Å². The Hall–Kier alpha value is -2.51. The SMILES string of the molecule is Cc1nc2sc3c(c2c2nc(-c4ccc(O)cc4)nn12)CC[NH+](C)C3. The van der Waals surface area contributed by atoms with Crippen molar-refractivity contribution in [2.24, 2.45) is 0 Å². The number of hydrogen-bond donors (Lipinski definition) is 2. The highest BCUT2D eigenvalue weighted by Crippen LogP contribution is 2.34. The van der Waals surface area contributed by atoms with Gasteiger partial charge in [-0.05, 0) is 36.8 Å². The van der Waals surface area contributed by atoms with E-state index in [0.717, 1.165) is 46.8 Å². The maximum atomic E-state index is 9.50. The maximum Gasteiger partial charge on any atom is 0.182 e. The van der Waals surface area contributed by atoms with Crippen LogP contribution in [0, 0.1) is 6.92 Å². The zero-order valence-corrected chi connectivity index (χ0v) is 14.9. The van der Waals surface area contributed by atoms with Crippen molar-refractivity contribution in [1.29, 1.82) is 0 Å². The van der Waals surface area contributed by atoms with Gasteiger partial charge in [0.05, 0.1) is 23.9 Å². The molecule has 1 atom stereocenters. The van der Waals surface area contributed by atoms with E-state index in [1.807, 2.05) is 23.6 Å². The van der Waals surface area contributed by atoms with Gasteiger partial charge in [0.25, 0.3) is 0 Å². The minimum atomic E-state index is 0.242. The summed E-state index contributed by atoms with van der Waals surface area (Å²) in [5.41, 5.74) is 3.18. The van der Waals surface area contributed by atoms with E-state index in [2.05, 4.69) is 12.1 Å². The highest BCUT2D eigenvalue weighted by Gasteiger charge is 2.25. The fourth-order valence-electron chi connectivity index (χ4n) is 3.54. The van der Waals surface area contributed by atoms with E-state index in [-0.39, 0.29) is 5.75 Å². The number of aromatic nitrogens is 4. The van der Waals surface area contributed by atoms with E-state index < -0.39 is 0 Å². The molecule has 1 unspecified atom stereocenters. The first-order valence-corrected chi connectivity index (χ1v) is 9.20. The van der Waals surface area contributed by atoms with Crippen LogP contribution in [0.15, 0.2) is 24.3 Å². The molecule has 0 radical (unpaired) electrons. The Bertz CT molecular complexity index is 1110. The molecule has 0 saturated carbocycles. The summed E-state index contributed by atoms with van der Waals surface area (Å²) in [7, 11) is 2.24. The van der Waals surface area contributed by atoms with Gasteiger partial charge in [0.1, 0.15) is 22.9 Å². The zero-order chi connectivity index (χ0) is 17.1. The van der Waals surface area contributed by atoms with E-state index >= 15 is 0 Å². The van der Waals surface area contributed by atoms with Crippen LogP contribution in [-0.4, -0.2) is 38.3 Å². The number of nitrogens with one attached hydrogen (secondary N) is 1. The topological polar surface area (TPSA) is 67.8 Å². The molecule has 0 bridgehead atoms.